The molecule has 0 spiro atoms. The van der Waals surface area contributed by atoms with Crippen molar-refractivity contribution in [3.63, 3.8) is 0 Å². The quantitative estimate of drug-likeness (QED) is 0.905. The summed E-state index contributed by atoms with van der Waals surface area (Å²) < 4.78 is 16.0. The third-order valence-corrected chi connectivity index (χ3v) is 3.08. The van der Waals surface area contributed by atoms with E-state index in [9.17, 15) is 0 Å². The Morgan fingerprint density at radius 1 is 1.00 bits per heavy atom. The highest BCUT2D eigenvalue weighted by Gasteiger charge is 2.15. The van der Waals surface area contributed by atoms with Crippen LogP contribution in [0.25, 0.3) is 11.3 Å². The second-order valence-electron chi connectivity index (χ2n) is 4.12. The summed E-state index contributed by atoms with van der Waals surface area (Å²) in [7, 11) is 4.81. The molecule has 0 aliphatic rings. The first-order valence-corrected chi connectivity index (χ1v) is 6.19. The number of pyridine rings is 1. The molecule has 0 saturated carbocycles. The highest BCUT2D eigenvalue weighted by molar-refractivity contribution is 5.73. The van der Waals surface area contributed by atoms with Gasteiger partial charge in [-0.1, -0.05) is 0 Å². The van der Waals surface area contributed by atoms with Gasteiger partial charge in [0.1, 0.15) is 11.4 Å². The third kappa shape index (κ3) is 2.53. The first-order valence-electron chi connectivity index (χ1n) is 6.19. The molecule has 0 aliphatic carbocycles. The van der Waals surface area contributed by atoms with E-state index in [1.54, 1.807) is 27.5 Å². The second-order valence-corrected chi connectivity index (χ2v) is 4.12. The van der Waals surface area contributed by atoms with E-state index in [0.29, 0.717) is 23.8 Å². The molecule has 106 valence electrons. The molecule has 1 aromatic carbocycles. The van der Waals surface area contributed by atoms with Gasteiger partial charge in [-0.05, 0) is 29.8 Å². The van der Waals surface area contributed by atoms with Crippen LogP contribution in [0.5, 0.6) is 17.2 Å². The van der Waals surface area contributed by atoms with Crippen molar-refractivity contribution in [2.24, 2.45) is 5.73 Å². The van der Waals surface area contributed by atoms with Gasteiger partial charge in [0.15, 0.2) is 11.5 Å². The maximum absolute atomic E-state index is 5.83. The van der Waals surface area contributed by atoms with Crippen LogP contribution in [-0.2, 0) is 6.54 Å². The molecule has 2 aromatic rings. The fourth-order valence-corrected chi connectivity index (χ4v) is 2.07. The topological polar surface area (TPSA) is 66.6 Å². The lowest BCUT2D eigenvalue weighted by Crippen LogP contribution is -2.03. The van der Waals surface area contributed by atoms with Crippen LogP contribution in [0.1, 0.15) is 5.56 Å². The molecule has 0 radical (unpaired) electrons. The van der Waals surface area contributed by atoms with Crippen molar-refractivity contribution in [1.82, 2.24) is 4.98 Å². The van der Waals surface area contributed by atoms with Crippen molar-refractivity contribution in [1.29, 1.82) is 0 Å². The Labute approximate surface area is 118 Å². The molecule has 20 heavy (non-hydrogen) atoms. The zero-order chi connectivity index (χ0) is 14.5. The summed E-state index contributed by atoms with van der Waals surface area (Å²) >= 11 is 0. The lowest BCUT2D eigenvalue weighted by atomic mass is 10.0. The predicted molar refractivity (Wildman–Crippen MR) is 77.2 cm³/mol. The van der Waals surface area contributed by atoms with Gasteiger partial charge >= 0.3 is 0 Å². The van der Waals surface area contributed by atoms with E-state index in [2.05, 4.69) is 4.98 Å². The molecular weight excluding hydrogens is 256 g/mol. The van der Waals surface area contributed by atoms with Gasteiger partial charge in [0.05, 0.1) is 21.3 Å². The highest BCUT2D eigenvalue weighted by Crippen LogP contribution is 2.37. The summed E-state index contributed by atoms with van der Waals surface area (Å²) in [5.74, 6) is 1.97. The van der Waals surface area contributed by atoms with Gasteiger partial charge in [0.2, 0.25) is 0 Å². The van der Waals surface area contributed by atoms with Crippen LogP contribution in [0.15, 0.2) is 30.5 Å². The summed E-state index contributed by atoms with van der Waals surface area (Å²) in [4.78, 5) is 4.38. The summed E-state index contributed by atoms with van der Waals surface area (Å²) in [6.07, 6.45) is 1.72. The maximum Gasteiger partial charge on any atom is 0.161 e. The first-order chi connectivity index (χ1) is 9.74. The number of nitrogens with two attached hydrogens (primary N) is 1. The summed E-state index contributed by atoms with van der Waals surface area (Å²) in [6, 6.07) is 7.42. The Morgan fingerprint density at radius 2 is 1.65 bits per heavy atom. The zero-order valence-electron chi connectivity index (χ0n) is 11.8. The fourth-order valence-electron chi connectivity index (χ4n) is 2.07. The molecule has 0 fully saturated rings. The minimum absolute atomic E-state index is 0.370. The van der Waals surface area contributed by atoms with Gasteiger partial charge < -0.3 is 19.9 Å². The molecular formula is C15H18N2O3. The van der Waals surface area contributed by atoms with E-state index in [-0.39, 0.29) is 0 Å². The number of hydrogen-bond acceptors (Lipinski definition) is 5. The minimum atomic E-state index is 0.370. The van der Waals surface area contributed by atoms with Crippen LogP contribution < -0.4 is 19.9 Å². The summed E-state index contributed by atoms with van der Waals surface area (Å²) in [6.45, 7) is 0.370. The van der Waals surface area contributed by atoms with Gasteiger partial charge in [-0.15, -0.1) is 0 Å². The van der Waals surface area contributed by atoms with Crippen molar-refractivity contribution in [3.8, 4) is 28.5 Å². The average molecular weight is 274 g/mol. The van der Waals surface area contributed by atoms with Gasteiger partial charge in [0.25, 0.3) is 0 Å². The molecule has 5 heteroatoms. The summed E-state index contributed by atoms with van der Waals surface area (Å²) in [5, 5.41) is 0. The van der Waals surface area contributed by atoms with Crippen LogP contribution in [0, 0.1) is 0 Å². The minimum Gasteiger partial charge on any atom is -0.494 e. The third-order valence-electron chi connectivity index (χ3n) is 3.08. The normalized spacial score (nSPS) is 10.2. The number of aromatic nitrogens is 1. The Bertz CT molecular complexity index is 600. The van der Waals surface area contributed by atoms with E-state index < -0.39 is 0 Å². The monoisotopic (exact) mass is 274 g/mol. The zero-order valence-corrected chi connectivity index (χ0v) is 11.8. The van der Waals surface area contributed by atoms with Crippen molar-refractivity contribution < 1.29 is 14.2 Å². The van der Waals surface area contributed by atoms with Crippen molar-refractivity contribution in [2.45, 2.75) is 6.54 Å². The largest absolute Gasteiger partial charge is 0.494 e. The van der Waals surface area contributed by atoms with Crippen LogP contribution in [-0.4, -0.2) is 26.3 Å². The molecule has 0 saturated heterocycles. The molecule has 1 aromatic heterocycles. The molecule has 0 aliphatic heterocycles. The molecule has 0 atom stereocenters. The Balaban J connectivity index is 2.66. The molecule has 2 rings (SSSR count). The Morgan fingerprint density at radius 3 is 2.25 bits per heavy atom. The highest BCUT2D eigenvalue weighted by atomic mass is 16.5. The maximum atomic E-state index is 5.83. The SMILES string of the molecule is COc1cc(CN)c(-c2ncccc2OC)cc1OC. The molecule has 2 N–H and O–H groups in total. The average Bonchev–Trinajstić information content (AvgIpc) is 2.53. The molecule has 0 bridgehead atoms. The van der Waals surface area contributed by atoms with Crippen LogP contribution >= 0.6 is 0 Å². The van der Waals surface area contributed by atoms with E-state index in [0.717, 1.165) is 16.8 Å². The molecule has 5 nitrogen and oxygen atoms in total. The van der Waals surface area contributed by atoms with Crippen molar-refractivity contribution in [3.05, 3.63) is 36.0 Å². The van der Waals surface area contributed by atoms with Crippen molar-refractivity contribution in [2.75, 3.05) is 21.3 Å². The molecule has 0 unspecified atom stereocenters. The van der Waals surface area contributed by atoms with Gasteiger partial charge in [0, 0.05) is 18.3 Å². The van der Waals surface area contributed by atoms with E-state index in [1.807, 2.05) is 24.3 Å². The number of nitrogens with zero attached hydrogens (tertiary/aromatic N) is 1. The van der Waals surface area contributed by atoms with Crippen LogP contribution in [0.2, 0.25) is 0 Å². The van der Waals surface area contributed by atoms with Gasteiger partial charge in [-0.2, -0.15) is 0 Å². The lowest BCUT2D eigenvalue weighted by Gasteiger charge is -2.15. The van der Waals surface area contributed by atoms with Gasteiger partial charge in [-0.3, -0.25) is 4.98 Å². The van der Waals surface area contributed by atoms with E-state index in [4.69, 9.17) is 19.9 Å². The number of benzene rings is 1. The van der Waals surface area contributed by atoms with Gasteiger partial charge in [-0.25, -0.2) is 0 Å². The number of ether oxygens (including phenoxy) is 3. The first kappa shape index (κ1) is 14.1. The number of methoxy groups -OCH3 is 3. The van der Waals surface area contributed by atoms with E-state index in [1.165, 1.54) is 0 Å². The lowest BCUT2D eigenvalue weighted by molar-refractivity contribution is 0.354. The Kier molecular flexibility index (Phi) is 4.42. The second kappa shape index (κ2) is 6.25. The standard InChI is InChI=1S/C15H18N2O3/c1-18-12-5-4-6-17-15(12)11-8-14(20-3)13(19-2)7-10(11)9-16/h4-8H,9,16H2,1-3H3. The smallest absolute Gasteiger partial charge is 0.161 e. The van der Waals surface area contributed by atoms with E-state index >= 15 is 0 Å². The van der Waals surface area contributed by atoms with Crippen molar-refractivity contribution >= 4 is 0 Å². The van der Waals surface area contributed by atoms with Crippen LogP contribution in [0.3, 0.4) is 0 Å². The fraction of sp³-hybridized carbons (Fsp3) is 0.267. The van der Waals surface area contributed by atoms with Crippen LogP contribution in [0.4, 0.5) is 0 Å². The number of hydrogen-bond donors (Lipinski definition) is 1. The molecule has 0 amide bonds. The molecule has 1 heterocycles. The number of rotatable bonds is 5. The predicted octanol–water partition coefficient (Wildman–Crippen LogP) is 2.23. The summed E-state index contributed by atoms with van der Waals surface area (Å²) in [5.41, 5.74) is 8.36. The Hall–Kier alpha value is -2.27.